The number of imide groups is 1. The van der Waals surface area contributed by atoms with E-state index in [0.29, 0.717) is 26.2 Å². The highest BCUT2D eigenvalue weighted by molar-refractivity contribution is 6.21. The van der Waals surface area contributed by atoms with Crippen molar-refractivity contribution < 1.29 is 19.1 Å². The standard InChI is InChI=1S/C20H20N4O4/c1-28-16-7-3-2-6-15(16)22-9-11-23(12-10-22)17(25)13-24-19(26)14-5-4-8-21-18(14)20(24)27/h2-8H,9-13H2,1H3. The predicted octanol–water partition coefficient (Wildman–Crippen LogP) is 1.03. The van der Waals surface area contributed by atoms with Gasteiger partial charge in [0.15, 0.2) is 0 Å². The van der Waals surface area contributed by atoms with Crippen molar-refractivity contribution in [2.24, 2.45) is 0 Å². The van der Waals surface area contributed by atoms with E-state index in [2.05, 4.69) is 9.88 Å². The fourth-order valence-corrected chi connectivity index (χ4v) is 3.58. The number of carbonyl (C=O) groups is 3. The van der Waals surface area contributed by atoms with Crippen LogP contribution in [0.1, 0.15) is 20.8 Å². The number of pyridine rings is 1. The number of hydrogen-bond donors (Lipinski definition) is 0. The first-order chi connectivity index (χ1) is 13.6. The zero-order valence-corrected chi connectivity index (χ0v) is 15.5. The summed E-state index contributed by atoms with van der Waals surface area (Å²) in [6.45, 7) is 2.06. The van der Waals surface area contributed by atoms with E-state index >= 15 is 0 Å². The Hall–Kier alpha value is -3.42. The molecule has 4 rings (SSSR count). The van der Waals surface area contributed by atoms with Crippen LogP contribution in [0.3, 0.4) is 0 Å². The number of benzene rings is 1. The number of rotatable bonds is 4. The van der Waals surface area contributed by atoms with Gasteiger partial charge >= 0.3 is 0 Å². The highest BCUT2D eigenvalue weighted by atomic mass is 16.5. The molecule has 0 spiro atoms. The first-order valence-electron chi connectivity index (χ1n) is 9.07. The molecule has 0 atom stereocenters. The summed E-state index contributed by atoms with van der Waals surface area (Å²) in [7, 11) is 1.63. The summed E-state index contributed by atoms with van der Waals surface area (Å²) < 4.78 is 5.41. The molecule has 3 heterocycles. The Morgan fingerprint density at radius 1 is 1.04 bits per heavy atom. The summed E-state index contributed by atoms with van der Waals surface area (Å²) in [5.74, 6) is -0.425. The van der Waals surface area contributed by atoms with Gasteiger partial charge in [-0.3, -0.25) is 24.3 Å². The summed E-state index contributed by atoms with van der Waals surface area (Å²) in [4.78, 5) is 46.3. The van der Waals surface area contributed by atoms with Crippen LogP contribution in [0.5, 0.6) is 5.75 Å². The summed E-state index contributed by atoms with van der Waals surface area (Å²) >= 11 is 0. The lowest BCUT2D eigenvalue weighted by Crippen LogP contribution is -2.52. The van der Waals surface area contributed by atoms with E-state index in [9.17, 15) is 14.4 Å². The quantitative estimate of drug-likeness (QED) is 0.737. The van der Waals surface area contributed by atoms with Crippen LogP contribution in [0, 0.1) is 0 Å². The van der Waals surface area contributed by atoms with Gasteiger partial charge in [0.25, 0.3) is 11.8 Å². The topological polar surface area (TPSA) is 83.1 Å². The molecule has 1 aromatic carbocycles. The van der Waals surface area contributed by atoms with Crippen LogP contribution < -0.4 is 9.64 Å². The number of aromatic nitrogens is 1. The fourth-order valence-electron chi connectivity index (χ4n) is 3.58. The Kier molecular flexibility index (Phi) is 4.68. The molecular formula is C20H20N4O4. The van der Waals surface area contributed by atoms with Gasteiger partial charge in [-0.05, 0) is 24.3 Å². The van der Waals surface area contributed by atoms with E-state index in [1.807, 2.05) is 24.3 Å². The highest BCUT2D eigenvalue weighted by Gasteiger charge is 2.38. The first-order valence-corrected chi connectivity index (χ1v) is 9.07. The van der Waals surface area contributed by atoms with Crippen LogP contribution in [0.2, 0.25) is 0 Å². The van der Waals surface area contributed by atoms with E-state index in [1.54, 1.807) is 24.1 Å². The minimum absolute atomic E-state index is 0.112. The van der Waals surface area contributed by atoms with Crippen molar-refractivity contribution in [1.82, 2.24) is 14.8 Å². The highest BCUT2D eigenvalue weighted by Crippen LogP contribution is 2.28. The molecule has 2 aliphatic rings. The molecular weight excluding hydrogens is 360 g/mol. The lowest BCUT2D eigenvalue weighted by Gasteiger charge is -2.37. The van der Waals surface area contributed by atoms with E-state index in [0.717, 1.165) is 16.3 Å². The summed E-state index contributed by atoms with van der Waals surface area (Å²) in [6, 6.07) is 10.9. The van der Waals surface area contributed by atoms with Crippen molar-refractivity contribution in [3.8, 4) is 5.75 Å². The van der Waals surface area contributed by atoms with Gasteiger partial charge in [0.2, 0.25) is 5.91 Å². The van der Waals surface area contributed by atoms with Crippen LogP contribution in [0.15, 0.2) is 42.6 Å². The van der Waals surface area contributed by atoms with E-state index in [1.165, 1.54) is 6.20 Å². The number of carbonyl (C=O) groups excluding carboxylic acids is 3. The van der Waals surface area contributed by atoms with Gasteiger partial charge in [0, 0.05) is 32.4 Å². The molecule has 0 bridgehead atoms. The molecule has 3 amide bonds. The van der Waals surface area contributed by atoms with Gasteiger partial charge in [-0.2, -0.15) is 0 Å². The maximum absolute atomic E-state index is 12.7. The number of anilines is 1. The summed E-state index contributed by atoms with van der Waals surface area (Å²) in [5.41, 5.74) is 1.35. The molecule has 8 nitrogen and oxygen atoms in total. The van der Waals surface area contributed by atoms with Gasteiger partial charge in [0.05, 0.1) is 18.4 Å². The van der Waals surface area contributed by atoms with Crippen molar-refractivity contribution in [2.45, 2.75) is 0 Å². The van der Waals surface area contributed by atoms with Gasteiger partial charge in [0.1, 0.15) is 18.0 Å². The normalized spacial score (nSPS) is 16.4. The third kappa shape index (κ3) is 3.06. The smallest absolute Gasteiger partial charge is 0.280 e. The van der Waals surface area contributed by atoms with Crippen molar-refractivity contribution in [2.75, 3.05) is 44.7 Å². The largest absolute Gasteiger partial charge is 0.495 e. The Labute approximate surface area is 162 Å². The van der Waals surface area contributed by atoms with Crippen LogP contribution in [0.4, 0.5) is 5.69 Å². The van der Waals surface area contributed by atoms with Crippen molar-refractivity contribution in [1.29, 1.82) is 0 Å². The lowest BCUT2D eigenvalue weighted by molar-refractivity contribution is -0.131. The second-order valence-electron chi connectivity index (χ2n) is 6.64. The molecule has 144 valence electrons. The molecule has 2 aromatic rings. The van der Waals surface area contributed by atoms with Crippen molar-refractivity contribution >= 4 is 23.4 Å². The third-order valence-electron chi connectivity index (χ3n) is 5.08. The fraction of sp³-hybridized carbons (Fsp3) is 0.300. The molecule has 0 N–H and O–H groups in total. The number of fused-ring (bicyclic) bond motifs is 1. The second-order valence-corrected chi connectivity index (χ2v) is 6.64. The Morgan fingerprint density at radius 2 is 1.79 bits per heavy atom. The van der Waals surface area contributed by atoms with Gasteiger partial charge in [-0.15, -0.1) is 0 Å². The monoisotopic (exact) mass is 380 g/mol. The minimum Gasteiger partial charge on any atom is -0.495 e. The van der Waals surface area contributed by atoms with Crippen LogP contribution in [-0.4, -0.2) is 72.3 Å². The van der Waals surface area contributed by atoms with E-state index in [4.69, 9.17) is 4.74 Å². The molecule has 1 aromatic heterocycles. The van der Waals surface area contributed by atoms with E-state index < -0.39 is 11.8 Å². The van der Waals surface area contributed by atoms with E-state index in [-0.39, 0.29) is 23.7 Å². The van der Waals surface area contributed by atoms with Crippen LogP contribution in [0.25, 0.3) is 0 Å². The SMILES string of the molecule is COc1ccccc1N1CCN(C(=O)CN2C(=O)c3cccnc3C2=O)CC1. The summed E-state index contributed by atoms with van der Waals surface area (Å²) in [6.07, 6.45) is 1.46. The van der Waals surface area contributed by atoms with Gasteiger partial charge in [-0.25, -0.2) is 0 Å². The molecule has 0 aliphatic carbocycles. The predicted molar refractivity (Wildman–Crippen MR) is 101 cm³/mol. The minimum atomic E-state index is -0.512. The molecule has 0 radical (unpaired) electrons. The lowest BCUT2D eigenvalue weighted by atomic mass is 10.2. The number of hydrogen-bond acceptors (Lipinski definition) is 6. The Balaban J connectivity index is 1.39. The summed E-state index contributed by atoms with van der Waals surface area (Å²) in [5, 5.41) is 0. The number of methoxy groups -OCH3 is 1. The number of ether oxygens (including phenoxy) is 1. The number of piperazine rings is 1. The maximum Gasteiger partial charge on any atom is 0.280 e. The van der Waals surface area contributed by atoms with Gasteiger partial charge in [-0.1, -0.05) is 12.1 Å². The molecule has 2 aliphatic heterocycles. The van der Waals surface area contributed by atoms with Gasteiger partial charge < -0.3 is 14.5 Å². The number of amides is 3. The average Bonchev–Trinajstić information content (AvgIpc) is 2.99. The molecule has 8 heteroatoms. The zero-order chi connectivity index (χ0) is 19.7. The molecule has 1 fully saturated rings. The molecule has 1 saturated heterocycles. The zero-order valence-electron chi connectivity index (χ0n) is 15.5. The second kappa shape index (κ2) is 7.30. The Morgan fingerprint density at radius 3 is 2.50 bits per heavy atom. The van der Waals surface area contributed by atoms with Crippen molar-refractivity contribution in [3.05, 3.63) is 53.9 Å². The maximum atomic E-state index is 12.7. The third-order valence-corrected chi connectivity index (χ3v) is 5.08. The van der Waals surface area contributed by atoms with Crippen LogP contribution in [-0.2, 0) is 4.79 Å². The molecule has 0 unspecified atom stereocenters. The molecule has 0 saturated carbocycles. The van der Waals surface area contributed by atoms with Crippen molar-refractivity contribution in [3.63, 3.8) is 0 Å². The Bertz CT molecular complexity index is 902. The first kappa shape index (κ1) is 18.0. The number of para-hydroxylation sites is 2. The molecule has 28 heavy (non-hydrogen) atoms. The van der Waals surface area contributed by atoms with Crippen LogP contribution >= 0.6 is 0 Å². The number of nitrogens with zero attached hydrogens (tertiary/aromatic N) is 4. The average molecular weight is 380 g/mol.